The van der Waals surface area contributed by atoms with Gasteiger partial charge in [0.1, 0.15) is 24.3 Å². The van der Waals surface area contributed by atoms with E-state index < -0.39 is 0 Å². The Hall–Kier alpha value is -3.55. The van der Waals surface area contributed by atoms with Crippen molar-refractivity contribution in [2.75, 3.05) is 13.1 Å². The van der Waals surface area contributed by atoms with Crippen LogP contribution in [0.25, 0.3) is 16.9 Å². The van der Waals surface area contributed by atoms with Crippen molar-refractivity contribution in [3.63, 3.8) is 0 Å². The number of aromatic amines is 1. The Morgan fingerprint density at radius 1 is 1.11 bits per heavy atom. The summed E-state index contributed by atoms with van der Waals surface area (Å²) in [5.41, 5.74) is 2.59. The molecule has 3 aromatic heterocycles. The molecule has 1 N–H and O–H groups in total. The van der Waals surface area contributed by atoms with Crippen molar-refractivity contribution in [2.24, 2.45) is 0 Å². The van der Waals surface area contributed by atoms with Crippen LogP contribution in [0.4, 0.5) is 0 Å². The molecule has 0 radical (unpaired) electrons. The Morgan fingerprint density at radius 3 is 2.75 bits per heavy atom. The zero-order valence-electron chi connectivity index (χ0n) is 15.2. The molecule has 8 heteroatoms. The van der Waals surface area contributed by atoms with Gasteiger partial charge in [0.2, 0.25) is 0 Å². The number of H-pyrrole nitrogens is 1. The molecule has 0 unspecified atom stereocenters. The number of hydrogen-bond donors (Lipinski definition) is 1. The van der Waals surface area contributed by atoms with Gasteiger partial charge in [0.25, 0.3) is 5.91 Å². The third-order valence-electron chi connectivity index (χ3n) is 5.18. The van der Waals surface area contributed by atoms with Crippen LogP contribution in [-0.4, -0.2) is 53.6 Å². The lowest BCUT2D eigenvalue weighted by Crippen LogP contribution is -2.39. The second-order valence-corrected chi connectivity index (χ2v) is 7.00. The lowest BCUT2D eigenvalue weighted by atomic mass is 9.97. The zero-order chi connectivity index (χ0) is 18.9. The second kappa shape index (κ2) is 6.88. The molecule has 8 nitrogen and oxygen atoms in total. The van der Waals surface area contributed by atoms with Gasteiger partial charge < -0.3 is 9.88 Å². The van der Waals surface area contributed by atoms with Crippen molar-refractivity contribution >= 4 is 16.9 Å². The molecule has 1 amide bonds. The number of rotatable bonds is 3. The molecule has 1 fully saturated rings. The van der Waals surface area contributed by atoms with E-state index in [1.807, 2.05) is 29.2 Å². The summed E-state index contributed by atoms with van der Waals surface area (Å²) in [7, 11) is 0. The number of carbonyl (C=O) groups excluding carboxylic acids is 1. The molecule has 1 saturated heterocycles. The molecule has 0 saturated carbocycles. The minimum atomic E-state index is 0.00335. The molecule has 1 aliphatic heterocycles. The first-order chi connectivity index (χ1) is 13.8. The fraction of sp³-hybridized carbons (Fsp3) is 0.250. The molecule has 1 aromatic carbocycles. The highest BCUT2D eigenvalue weighted by molar-refractivity contribution is 5.94. The van der Waals surface area contributed by atoms with Crippen LogP contribution in [0.1, 0.15) is 34.9 Å². The third-order valence-corrected chi connectivity index (χ3v) is 5.18. The topological polar surface area (TPSA) is 92.6 Å². The molecule has 4 heterocycles. The molecule has 4 aromatic rings. The number of amides is 1. The van der Waals surface area contributed by atoms with Crippen LogP contribution >= 0.6 is 0 Å². The average molecular weight is 373 g/mol. The monoisotopic (exact) mass is 373 g/mol. The van der Waals surface area contributed by atoms with Crippen molar-refractivity contribution in [1.29, 1.82) is 0 Å². The maximum absolute atomic E-state index is 13.0. The van der Waals surface area contributed by atoms with E-state index in [-0.39, 0.29) is 11.8 Å². The number of carbonyl (C=O) groups is 1. The minimum Gasteiger partial charge on any atom is -0.342 e. The molecular weight excluding hydrogens is 354 g/mol. The highest BCUT2D eigenvalue weighted by Gasteiger charge is 2.27. The van der Waals surface area contributed by atoms with E-state index in [1.54, 1.807) is 35.6 Å². The van der Waals surface area contributed by atoms with Gasteiger partial charge in [-0.3, -0.25) is 9.36 Å². The van der Waals surface area contributed by atoms with Crippen molar-refractivity contribution in [1.82, 2.24) is 34.6 Å². The van der Waals surface area contributed by atoms with E-state index in [9.17, 15) is 4.79 Å². The highest BCUT2D eigenvalue weighted by Crippen LogP contribution is 2.27. The first-order valence-corrected chi connectivity index (χ1v) is 9.33. The molecular formula is C20H19N7O. The van der Waals surface area contributed by atoms with Crippen LogP contribution in [0.3, 0.4) is 0 Å². The first-order valence-electron chi connectivity index (χ1n) is 9.33. The van der Waals surface area contributed by atoms with E-state index >= 15 is 0 Å². The largest absolute Gasteiger partial charge is 0.342 e. The summed E-state index contributed by atoms with van der Waals surface area (Å²) in [4.78, 5) is 27.4. The Bertz CT molecular complexity index is 1070. The van der Waals surface area contributed by atoms with Crippen LogP contribution in [0.2, 0.25) is 0 Å². The van der Waals surface area contributed by atoms with E-state index in [2.05, 4.69) is 20.2 Å². The van der Waals surface area contributed by atoms with Gasteiger partial charge in [0.05, 0.1) is 16.6 Å². The maximum atomic E-state index is 13.0. The number of nitrogens with zero attached hydrogens (tertiary/aromatic N) is 6. The molecule has 0 spiro atoms. The number of piperidine rings is 1. The number of likely N-dealkylation sites (tertiary alicyclic amines) is 1. The van der Waals surface area contributed by atoms with Crippen molar-refractivity contribution in [2.45, 2.75) is 18.8 Å². The van der Waals surface area contributed by atoms with Crippen molar-refractivity contribution in [3.8, 4) is 5.82 Å². The molecule has 28 heavy (non-hydrogen) atoms. The Kier molecular flexibility index (Phi) is 4.08. The summed E-state index contributed by atoms with van der Waals surface area (Å²) in [6, 6.07) is 11.6. The molecule has 140 valence electrons. The summed E-state index contributed by atoms with van der Waals surface area (Å²) < 4.78 is 1.70. The second-order valence-electron chi connectivity index (χ2n) is 7.00. The number of pyridine rings is 1. The number of benzene rings is 1. The van der Waals surface area contributed by atoms with Gasteiger partial charge >= 0.3 is 0 Å². The fourth-order valence-corrected chi connectivity index (χ4v) is 3.72. The molecule has 5 rings (SSSR count). The maximum Gasteiger partial charge on any atom is 0.255 e. The predicted molar refractivity (Wildman–Crippen MR) is 103 cm³/mol. The van der Waals surface area contributed by atoms with Crippen molar-refractivity contribution in [3.05, 3.63) is 66.6 Å². The first kappa shape index (κ1) is 16.6. The van der Waals surface area contributed by atoms with E-state index in [0.717, 1.165) is 36.2 Å². The number of nitrogens with one attached hydrogen (secondary N) is 1. The average Bonchev–Trinajstić information content (AvgIpc) is 3.43. The van der Waals surface area contributed by atoms with Gasteiger partial charge in [0.15, 0.2) is 0 Å². The third kappa shape index (κ3) is 3.02. The van der Waals surface area contributed by atoms with Crippen LogP contribution in [0, 0.1) is 0 Å². The number of aromatic nitrogens is 6. The van der Waals surface area contributed by atoms with E-state index in [1.165, 1.54) is 0 Å². The quantitative estimate of drug-likeness (QED) is 0.596. The van der Waals surface area contributed by atoms with Crippen molar-refractivity contribution < 1.29 is 4.79 Å². The van der Waals surface area contributed by atoms with E-state index in [0.29, 0.717) is 17.9 Å². The van der Waals surface area contributed by atoms with Gasteiger partial charge in [-0.2, -0.15) is 0 Å². The van der Waals surface area contributed by atoms with Gasteiger partial charge in [-0.15, -0.1) is 10.2 Å². The van der Waals surface area contributed by atoms with Crippen LogP contribution < -0.4 is 0 Å². The standard InChI is InChI=1S/C20H19N7O/c28-20(14-7-8-18(21-10-14)27-12-22-23-13-27)26-9-3-4-15(11-26)19-24-16-5-1-2-6-17(16)25-19/h1-2,5-8,10,12-13,15H,3-4,9,11H2,(H,24,25)/t15-/m1/s1. The van der Waals surface area contributed by atoms with Gasteiger partial charge in [-0.05, 0) is 37.1 Å². The smallest absolute Gasteiger partial charge is 0.255 e. The number of hydrogen-bond acceptors (Lipinski definition) is 5. The lowest BCUT2D eigenvalue weighted by Gasteiger charge is -2.31. The summed E-state index contributed by atoms with van der Waals surface area (Å²) in [5.74, 6) is 1.86. The summed E-state index contributed by atoms with van der Waals surface area (Å²) in [6.07, 6.45) is 6.75. The fourth-order valence-electron chi connectivity index (χ4n) is 3.72. The van der Waals surface area contributed by atoms with E-state index in [4.69, 9.17) is 4.98 Å². The minimum absolute atomic E-state index is 0.00335. The molecule has 0 aliphatic carbocycles. The molecule has 1 atom stereocenters. The van der Waals surface area contributed by atoms with Gasteiger partial charge in [-0.1, -0.05) is 12.1 Å². The lowest BCUT2D eigenvalue weighted by molar-refractivity contribution is 0.0704. The predicted octanol–water partition coefficient (Wildman–Crippen LogP) is 2.56. The zero-order valence-corrected chi connectivity index (χ0v) is 15.2. The SMILES string of the molecule is O=C(c1ccc(-n2cnnc2)nc1)N1CCC[C@@H](c2nc3ccccc3[nH]2)C1. The Labute approximate surface area is 161 Å². The Morgan fingerprint density at radius 2 is 1.96 bits per heavy atom. The highest BCUT2D eigenvalue weighted by atomic mass is 16.2. The van der Waals surface area contributed by atoms with Crippen LogP contribution in [0.15, 0.2) is 55.2 Å². The molecule has 0 bridgehead atoms. The summed E-state index contributed by atoms with van der Waals surface area (Å²) >= 11 is 0. The van der Waals surface area contributed by atoms with Gasteiger partial charge in [-0.25, -0.2) is 9.97 Å². The van der Waals surface area contributed by atoms with Gasteiger partial charge in [0, 0.05) is 25.2 Å². The number of fused-ring (bicyclic) bond motifs is 1. The summed E-state index contributed by atoms with van der Waals surface area (Å²) in [6.45, 7) is 1.41. The van der Waals surface area contributed by atoms with Crippen LogP contribution in [0.5, 0.6) is 0 Å². The number of para-hydroxylation sites is 2. The normalized spacial score (nSPS) is 17.1. The van der Waals surface area contributed by atoms with Crippen LogP contribution in [-0.2, 0) is 0 Å². The summed E-state index contributed by atoms with van der Waals surface area (Å²) in [5, 5.41) is 7.54. The Balaban J connectivity index is 1.33. The molecule has 1 aliphatic rings. The number of imidazole rings is 1.